The van der Waals surface area contributed by atoms with E-state index in [1.54, 1.807) is 12.4 Å². The van der Waals surface area contributed by atoms with Crippen LogP contribution < -0.4 is 10.6 Å². The van der Waals surface area contributed by atoms with Gasteiger partial charge in [0, 0.05) is 42.8 Å². The van der Waals surface area contributed by atoms with Gasteiger partial charge < -0.3 is 15.4 Å². The van der Waals surface area contributed by atoms with Crippen molar-refractivity contribution in [2.45, 2.75) is 31.7 Å². The fraction of sp³-hybridized carbons (Fsp3) is 0.375. The predicted octanol–water partition coefficient (Wildman–Crippen LogP) is 2.62. The van der Waals surface area contributed by atoms with Crippen LogP contribution in [0, 0.1) is 6.92 Å². The number of piperidine rings is 1. The lowest BCUT2D eigenvalue weighted by molar-refractivity contribution is 0.00840. The van der Waals surface area contributed by atoms with Gasteiger partial charge in [-0.3, -0.25) is 9.97 Å². The molecule has 4 aromatic rings. The maximum Gasteiger partial charge on any atom is 0.156 e. The Morgan fingerprint density at radius 1 is 1.00 bits per heavy atom. The normalized spacial score (nSPS) is 19.1. The first kappa shape index (κ1) is 20.2. The molecule has 0 aliphatic carbocycles. The van der Waals surface area contributed by atoms with Gasteiger partial charge in [0.15, 0.2) is 5.82 Å². The molecule has 2 fully saturated rings. The third kappa shape index (κ3) is 3.83. The zero-order valence-corrected chi connectivity index (χ0v) is 18.6. The van der Waals surface area contributed by atoms with Crippen molar-refractivity contribution in [3.63, 3.8) is 0 Å². The summed E-state index contributed by atoms with van der Waals surface area (Å²) in [7, 11) is 0. The number of ether oxygens (including phenoxy) is 1. The molecule has 2 saturated heterocycles. The fourth-order valence-corrected chi connectivity index (χ4v) is 4.50. The number of aryl methyl sites for hydroxylation is 1. The maximum atomic E-state index is 6.26. The molecular weight excluding hydrogens is 416 g/mol. The van der Waals surface area contributed by atoms with Crippen LogP contribution in [0.3, 0.4) is 0 Å². The lowest BCUT2D eigenvalue weighted by atomic mass is 9.98. The van der Waals surface area contributed by atoms with E-state index in [-0.39, 0.29) is 6.04 Å². The Hall–Kier alpha value is -3.43. The molecule has 2 N–H and O–H groups in total. The van der Waals surface area contributed by atoms with Gasteiger partial charge in [0.2, 0.25) is 0 Å². The van der Waals surface area contributed by atoms with Crippen LogP contribution in [0.1, 0.15) is 30.0 Å². The van der Waals surface area contributed by atoms with Crippen LogP contribution in [0.5, 0.6) is 0 Å². The van der Waals surface area contributed by atoms with E-state index in [0.717, 1.165) is 78.8 Å². The largest absolute Gasteiger partial charge is 0.380 e. The topological polar surface area (TPSA) is 108 Å². The third-order valence-electron chi connectivity index (χ3n) is 6.40. The SMILES string of the molecule is Cc1cncc(-c2cc3c(cn2)cnn3-c2cc(C3COC3)cc(N3CCCC(N)C3)n2)n1. The number of pyridine rings is 2. The molecule has 1 atom stereocenters. The van der Waals surface area contributed by atoms with E-state index in [9.17, 15) is 0 Å². The van der Waals surface area contributed by atoms with E-state index in [0.29, 0.717) is 5.92 Å². The van der Waals surface area contributed by atoms with E-state index < -0.39 is 0 Å². The standard InChI is InChI=1S/C24H26N8O/c1-15-8-26-11-21(29-15)20-7-22-17(9-27-20)10-28-32(22)24-6-16(18-13-33-14-18)5-23(30-24)31-4-2-3-19(25)12-31/h5-11,18-19H,2-4,12-14,25H2,1H3. The summed E-state index contributed by atoms with van der Waals surface area (Å²) in [6.45, 7) is 5.18. The van der Waals surface area contributed by atoms with Gasteiger partial charge in [0.05, 0.1) is 42.5 Å². The summed E-state index contributed by atoms with van der Waals surface area (Å²) in [6, 6.07) is 6.49. The molecule has 0 saturated carbocycles. The highest BCUT2D eigenvalue weighted by atomic mass is 16.5. The lowest BCUT2D eigenvalue weighted by Gasteiger charge is -2.33. The minimum absolute atomic E-state index is 0.175. The van der Waals surface area contributed by atoms with Crippen molar-refractivity contribution in [1.82, 2.24) is 29.7 Å². The second-order valence-corrected chi connectivity index (χ2v) is 8.93. The smallest absolute Gasteiger partial charge is 0.156 e. The minimum atomic E-state index is 0.175. The minimum Gasteiger partial charge on any atom is -0.380 e. The van der Waals surface area contributed by atoms with Crippen LogP contribution in [0.2, 0.25) is 0 Å². The molecule has 9 heteroatoms. The molecule has 0 spiro atoms. The molecule has 9 nitrogen and oxygen atoms in total. The van der Waals surface area contributed by atoms with Crippen LogP contribution >= 0.6 is 0 Å². The molecule has 6 heterocycles. The van der Waals surface area contributed by atoms with E-state index in [4.69, 9.17) is 15.5 Å². The number of hydrogen-bond donors (Lipinski definition) is 1. The molecule has 1 unspecified atom stereocenters. The Morgan fingerprint density at radius 3 is 2.67 bits per heavy atom. The van der Waals surface area contributed by atoms with E-state index in [1.807, 2.05) is 30.1 Å². The van der Waals surface area contributed by atoms with Gasteiger partial charge in [0.1, 0.15) is 11.5 Å². The second-order valence-electron chi connectivity index (χ2n) is 8.93. The van der Waals surface area contributed by atoms with Crippen molar-refractivity contribution in [1.29, 1.82) is 0 Å². The van der Waals surface area contributed by atoms with Gasteiger partial charge in [0.25, 0.3) is 0 Å². The van der Waals surface area contributed by atoms with Crippen LogP contribution in [-0.2, 0) is 4.74 Å². The number of hydrogen-bond acceptors (Lipinski definition) is 8. The number of anilines is 1. The molecule has 168 valence electrons. The van der Waals surface area contributed by atoms with Gasteiger partial charge in [-0.25, -0.2) is 14.6 Å². The molecule has 33 heavy (non-hydrogen) atoms. The summed E-state index contributed by atoms with van der Waals surface area (Å²) in [4.78, 5) is 20.7. The molecule has 0 aromatic carbocycles. The Labute approximate surface area is 191 Å². The van der Waals surface area contributed by atoms with Gasteiger partial charge in [-0.15, -0.1) is 0 Å². The van der Waals surface area contributed by atoms with E-state index >= 15 is 0 Å². The Morgan fingerprint density at radius 2 is 1.88 bits per heavy atom. The van der Waals surface area contributed by atoms with Crippen molar-refractivity contribution in [3.05, 3.63) is 54.2 Å². The number of nitrogens with zero attached hydrogens (tertiary/aromatic N) is 7. The summed E-state index contributed by atoms with van der Waals surface area (Å²) in [5.74, 6) is 2.12. The van der Waals surface area contributed by atoms with Crippen LogP contribution in [0.4, 0.5) is 5.82 Å². The van der Waals surface area contributed by atoms with Crippen molar-refractivity contribution in [2.75, 3.05) is 31.2 Å². The predicted molar refractivity (Wildman–Crippen MR) is 125 cm³/mol. The summed E-state index contributed by atoms with van der Waals surface area (Å²) in [6.07, 6.45) is 9.25. The fourth-order valence-electron chi connectivity index (χ4n) is 4.50. The zero-order valence-electron chi connectivity index (χ0n) is 18.6. The summed E-state index contributed by atoms with van der Waals surface area (Å²) in [5, 5.41) is 5.61. The average Bonchev–Trinajstić information content (AvgIpc) is 3.21. The van der Waals surface area contributed by atoms with Crippen LogP contribution in [-0.4, -0.2) is 62.1 Å². The van der Waals surface area contributed by atoms with E-state index in [2.05, 4.69) is 37.1 Å². The van der Waals surface area contributed by atoms with Crippen LogP contribution in [0.15, 0.2) is 43.0 Å². The van der Waals surface area contributed by atoms with Gasteiger partial charge in [-0.05, 0) is 43.5 Å². The first-order chi connectivity index (χ1) is 16.1. The highest BCUT2D eigenvalue weighted by Gasteiger charge is 2.25. The summed E-state index contributed by atoms with van der Waals surface area (Å²) < 4.78 is 7.36. The average molecular weight is 443 g/mol. The van der Waals surface area contributed by atoms with Crippen molar-refractivity contribution in [2.24, 2.45) is 5.73 Å². The molecule has 0 amide bonds. The quantitative estimate of drug-likeness (QED) is 0.514. The van der Waals surface area contributed by atoms with Crippen LogP contribution in [0.25, 0.3) is 28.1 Å². The van der Waals surface area contributed by atoms with Crippen molar-refractivity contribution < 1.29 is 4.74 Å². The molecule has 2 aliphatic heterocycles. The second kappa shape index (κ2) is 8.17. The Kier molecular flexibility index (Phi) is 5.00. The monoisotopic (exact) mass is 442 g/mol. The first-order valence-electron chi connectivity index (χ1n) is 11.4. The molecule has 0 bridgehead atoms. The first-order valence-corrected chi connectivity index (χ1v) is 11.4. The maximum absolute atomic E-state index is 6.26. The molecule has 2 aliphatic rings. The highest BCUT2D eigenvalue weighted by molar-refractivity contribution is 5.82. The molecule has 6 rings (SSSR count). The van der Waals surface area contributed by atoms with Gasteiger partial charge in [-0.2, -0.15) is 5.10 Å². The lowest BCUT2D eigenvalue weighted by Crippen LogP contribution is -2.43. The van der Waals surface area contributed by atoms with Crippen molar-refractivity contribution >= 4 is 16.7 Å². The zero-order chi connectivity index (χ0) is 22.4. The Balaban J connectivity index is 1.46. The number of fused-ring (bicyclic) bond motifs is 1. The van der Waals surface area contributed by atoms with Crippen molar-refractivity contribution in [3.8, 4) is 17.2 Å². The Bertz CT molecular complexity index is 1320. The van der Waals surface area contributed by atoms with Gasteiger partial charge in [-0.1, -0.05) is 0 Å². The van der Waals surface area contributed by atoms with Gasteiger partial charge >= 0.3 is 0 Å². The number of nitrogens with two attached hydrogens (primary N) is 1. The highest BCUT2D eigenvalue weighted by Crippen LogP contribution is 2.31. The third-order valence-corrected chi connectivity index (χ3v) is 6.40. The van der Waals surface area contributed by atoms with E-state index in [1.165, 1.54) is 5.56 Å². The number of rotatable bonds is 4. The summed E-state index contributed by atoms with van der Waals surface area (Å²) >= 11 is 0. The molecule has 0 radical (unpaired) electrons. The molecule has 4 aromatic heterocycles. The molecular formula is C24H26N8O. The number of aromatic nitrogens is 6. The summed E-state index contributed by atoms with van der Waals surface area (Å²) in [5.41, 5.74) is 10.8.